The Bertz CT molecular complexity index is 1930. The number of nitrogens with one attached hydrogen (secondary N) is 3. The summed E-state index contributed by atoms with van der Waals surface area (Å²) in [5, 5.41) is 11.1. The zero-order valence-electron chi connectivity index (χ0n) is 24.2. The van der Waals surface area contributed by atoms with Crippen molar-refractivity contribution in [1.82, 2.24) is 29.6 Å². The van der Waals surface area contributed by atoms with Gasteiger partial charge in [-0.25, -0.2) is 15.0 Å². The number of carbonyl (C=O) groups is 2. The highest BCUT2D eigenvalue weighted by molar-refractivity contribution is 7.15. The van der Waals surface area contributed by atoms with Crippen molar-refractivity contribution in [3.63, 3.8) is 0 Å². The van der Waals surface area contributed by atoms with E-state index in [4.69, 9.17) is 9.97 Å². The van der Waals surface area contributed by atoms with E-state index in [0.717, 1.165) is 28.5 Å². The maximum absolute atomic E-state index is 12.8. The molecule has 10 nitrogen and oxygen atoms in total. The van der Waals surface area contributed by atoms with Crippen molar-refractivity contribution in [3.05, 3.63) is 114 Å². The summed E-state index contributed by atoms with van der Waals surface area (Å²) in [6, 6.07) is 25.8. The molecule has 0 aliphatic rings. The van der Waals surface area contributed by atoms with Crippen LogP contribution in [0.15, 0.2) is 103 Å². The van der Waals surface area contributed by atoms with E-state index in [1.807, 2.05) is 95.6 Å². The van der Waals surface area contributed by atoms with Gasteiger partial charge in [-0.1, -0.05) is 36.4 Å². The largest absolute Gasteiger partial charge is 0.351 e. The number of likely N-dealkylation sites (N-methyl/N-ethyl adjacent to an activating group) is 1. The van der Waals surface area contributed by atoms with Crippen LogP contribution in [0.4, 0.5) is 17.3 Å². The second-order valence-corrected chi connectivity index (χ2v) is 11.2. The minimum atomic E-state index is -0.185. The van der Waals surface area contributed by atoms with Crippen LogP contribution in [-0.4, -0.2) is 63.3 Å². The fourth-order valence-corrected chi connectivity index (χ4v) is 5.40. The van der Waals surface area contributed by atoms with Gasteiger partial charge in [0.25, 0.3) is 11.8 Å². The van der Waals surface area contributed by atoms with Crippen LogP contribution in [-0.2, 0) is 0 Å². The number of hydrogen-bond donors (Lipinski definition) is 3. The number of thiazole rings is 1. The summed E-state index contributed by atoms with van der Waals surface area (Å²) < 4.78 is 2.00. The third-order valence-electron chi connectivity index (χ3n) is 6.82. The maximum atomic E-state index is 12.8. The molecule has 6 aromatic rings. The van der Waals surface area contributed by atoms with Crippen LogP contribution >= 0.6 is 11.3 Å². The second-order valence-electron chi connectivity index (χ2n) is 10.3. The van der Waals surface area contributed by atoms with E-state index in [1.165, 1.54) is 11.3 Å². The van der Waals surface area contributed by atoms with Crippen molar-refractivity contribution in [2.45, 2.75) is 0 Å². The molecule has 0 aliphatic carbocycles. The van der Waals surface area contributed by atoms with E-state index >= 15 is 0 Å². The molecule has 6 rings (SSSR count). The number of benzene rings is 3. The molecule has 0 saturated carbocycles. The summed E-state index contributed by atoms with van der Waals surface area (Å²) >= 11 is 1.52. The van der Waals surface area contributed by atoms with Crippen LogP contribution < -0.4 is 16.0 Å². The molecule has 0 radical (unpaired) electrons. The molecular formula is C33H30N8O2S. The predicted octanol–water partition coefficient (Wildman–Crippen LogP) is 5.81. The number of nitrogens with zero attached hydrogens (tertiary/aromatic N) is 5. The zero-order chi connectivity index (χ0) is 30.5. The van der Waals surface area contributed by atoms with Crippen LogP contribution in [0.2, 0.25) is 0 Å². The number of carbonyl (C=O) groups excluding carboxylic acids is 2. The third-order valence-corrected chi connectivity index (χ3v) is 7.57. The Morgan fingerprint density at radius 3 is 2.50 bits per heavy atom. The molecule has 0 bridgehead atoms. The fraction of sp³-hybridized carbons (Fsp3) is 0.121. The molecule has 3 N–H and O–H groups in total. The van der Waals surface area contributed by atoms with Gasteiger partial charge in [-0.15, -0.1) is 11.3 Å². The van der Waals surface area contributed by atoms with Crippen LogP contribution in [0, 0.1) is 0 Å². The molecule has 3 heterocycles. The van der Waals surface area contributed by atoms with Gasteiger partial charge >= 0.3 is 0 Å². The minimum absolute atomic E-state index is 0.142. The van der Waals surface area contributed by atoms with Crippen molar-refractivity contribution in [2.24, 2.45) is 0 Å². The molecule has 3 aromatic carbocycles. The quantitative estimate of drug-likeness (QED) is 0.181. The fourth-order valence-electron chi connectivity index (χ4n) is 4.68. The summed E-state index contributed by atoms with van der Waals surface area (Å²) in [6.45, 7) is 1.31. The smallest absolute Gasteiger partial charge is 0.255 e. The van der Waals surface area contributed by atoms with Gasteiger partial charge in [0, 0.05) is 58.9 Å². The number of amides is 2. The van der Waals surface area contributed by atoms with Gasteiger partial charge in [-0.3, -0.25) is 14.0 Å². The first kappa shape index (κ1) is 28.7. The Kier molecular flexibility index (Phi) is 8.39. The van der Waals surface area contributed by atoms with E-state index in [9.17, 15) is 9.59 Å². The average Bonchev–Trinajstić information content (AvgIpc) is 3.64. The maximum Gasteiger partial charge on any atom is 0.255 e. The van der Waals surface area contributed by atoms with Gasteiger partial charge in [0.2, 0.25) is 5.95 Å². The molecule has 11 heteroatoms. The van der Waals surface area contributed by atoms with E-state index in [0.29, 0.717) is 40.7 Å². The Hall–Kier alpha value is -5.39. The lowest BCUT2D eigenvalue weighted by atomic mass is 10.1. The lowest BCUT2D eigenvalue weighted by Gasteiger charge is -2.11. The molecule has 0 spiro atoms. The standard InChI is InChI=1S/C33H30N8O2S/c1-40(2)17-16-34-30(42)24-11-7-13-26(21-24)37-32-35-15-14-27(38-32)29-28(39-33-41(29)18-19-44-33)23-10-6-12-25(20-23)36-31(43)22-8-4-3-5-9-22/h3-15,18-21H,16-17H2,1-2H3,(H,34,42)(H,36,43)(H,35,37,38). The number of rotatable bonds is 10. The lowest BCUT2D eigenvalue weighted by Crippen LogP contribution is -2.31. The molecule has 0 saturated heterocycles. The number of anilines is 3. The van der Waals surface area contributed by atoms with Gasteiger partial charge in [0.15, 0.2) is 4.96 Å². The molecule has 3 aromatic heterocycles. The van der Waals surface area contributed by atoms with Crippen LogP contribution in [0.1, 0.15) is 20.7 Å². The molecule has 0 unspecified atom stereocenters. The molecule has 0 aliphatic heterocycles. The summed E-state index contributed by atoms with van der Waals surface area (Å²) in [5.41, 5.74) is 5.51. The summed E-state index contributed by atoms with van der Waals surface area (Å²) in [6.07, 6.45) is 3.65. The van der Waals surface area contributed by atoms with E-state index in [2.05, 4.69) is 20.9 Å². The highest BCUT2D eigenvalue weighted by atomic mass is 32.1. The molecule has 44 heavy (non-hydrogen) atoms. The van der Waals surface area contributed by atoms with E-state index in [-0.39, 0.29) is 11.8 Å². The molecular weight excluding hydrogens is 572 g/mol. The van der Waals surface area contributed by atoms with Gasteiger partial charge in [-0.2, -0.15) is 0 Å². The van der Waals surface area contributed by atoms with Gasteiger partial charge in [0.1, 0.15) is 5.69 Å². The Morgan fingerprint density at radius 1 is 0.864 bits per heavy atom. The number of hydrogen-bond acceptors (Lipinski definition) is 8. The first-order valence-electron chi connectivity index (χ1n) is 14.0. The SMILES string of the molecule is CN(C)CCNC(=O)c1cccc(Nc2nccc(-c3c(-c4cccc(NC(=O)c5ccccc5)c4)nc4sccn34)n2)c1. The Labute approximate surface area is 258 Å². The topological polar surface area (TPSA) is 117 Å². The summed E-state index contributed by atoms with van der Waals surface area (Å²) in [5.74, 6) is 0.0548. The average molecular weight is 603 g/mol. The van der Waals surface area contributed by atoms with Crippen LogP contribution in [0.3, 0.4) is 0 Å². The van der Waals surface area contributed by atoms with Crippen molar-refractivity contribution in [1.29, 1.82) is 0 Å². The van der Waals surface area contributed by atoms with Gasteiger partial charge in [0.05, 0.1) is 11.4 Å². The Morgan fingerprint density at radius 2 is 1.66 bits per heavy atom. The highest BCUT2D eigenvalue weighted by Crippen LogP contribution is 2.35. The molecule has 0 atom stereocenters. The van der Waals surface area contributed by atoms with Crippen LogP contribution in [0.25, 0.3) is 27.6 Å². The normalized spacial score (nSPS) is 11.1. The van der Waals surface area contributed by atoms with Gasteiger partial charge < -0.3 is 20.9 Å². The van der Waals surface area contributed by atoms with Crippen molar-refractivity contribution >= 4 is 45.4 Å². The van der Waals surface area contributed by atoms with Crippen molar-refractivity contribution < 1.29 is 9.59 Å². The summed E-state index contributed by atoms with van der Waals surface area (Å²) in [7, 11) is 3.93. The first-order chi connectivity index (χ1) is 21.4. The summed E-state index contributed by atoms with van der Waals surface area (Å²) in [4.78, 5) is 42.4. The number of fused-ring (bicyclic) bond motifs is 1. The third kappa shape index (κ3) is 6.48. The second kappa shape index (κ2) is 12.9. The molecule has 0 fully saturated rings. The number of aromatic nitrogens is 4. The van der Waals surface area contributed by atoms with E-state index < -0.39 is 0 Å². The van der Waals surface area contributed by atoms with Crippen molar-refractivity contribution in [3.8, 4) is 22.6 Å². The molecule has 220 valence electrons. The van der Waals surface area contributed by atoms with Crippen molar-refractivity contribution in [2.75, 3.05) is 37.8 Å². The van der Waals surface area contributed by atoms with E-state index in [1.54, 1.807) is 30.5 Å². The Balaban J connectivity index is 1.27. The predicted molar refractivity (Wildman–Crippen MR) is 175 cm³/mol. The monoisotopic (exact) mass is 602 g/mol. The molecule has 2 amide bonds. The number of imidazole rings is 1. The minimum Gasteiger partial charge on any atom is -0.351 e. The van der Waals surface area contributed by atoms with Crippen LogP contribution in [0.5, 0.6) is 0 Å². The highest BCUT2D eigenvalue weighted by Gasteiger charge is 2.19. The first-order valence-corrected chi connectivity index (χ1v) is 14.9. The van der Waals surface area contributed by atoms with Gasteiger partial charge in [-0.05, 0) is 62.6 Å². The zero-order valence-corrected chi connectivity index (χ0v) is 25.0. The lowest BCUT2D eigenvalue weighted by molar-refractivity contribution is 0.0950.